The molecule has 0 radical (unpaired) electrons. The molecule has 0 aliphatic carbocycles. The van der Waals surface area contributed by atoms with Crippen LogP contribution in [-0.4, -0.2) is 59.4 Å². The molecular weight excluding hydrogens is 262 g/mol. The van der Waals surface area contributed by atoms with Gasteiger partial charge in [0.2, 0.25) is 0 Å². The van der Waals surface area contributed by atoms with Crippen LogP contribution in [0.1, 0.15) is 0 Å². The van der Waals surface area contributed by atoms with Crippen LogP contribution in [0, 0.1) is 12.3 Å². The minimum Gasteiger partial charge on any atom is -0.387 e. The van der Waals surface area contributed by atoms with Gasteiger partial charge >= 0.3 is 0 Å². The molecule has 0 saturated carbocycles. The largest absolute Gasteiger partial charge is 0.387 e. The molecule has 0 aliphatic rings. The Labute approximate surface area is 120 Å². The fraction of sp³-hybridized carbons (Fsp3) is 0.692. The zero-order valence-corrected chi connectivity index (χ0v) is 11.8. The van der Waals surface area contributed by atoms with Crippen molar-refractivity contribution in [1.82, 2.24) is 10.7 Å². The Balaban J connectivity index is 2.96. The summed E-state index contributed by atoms with van der Waals surface area (Å²) in [5.41, 5.74) is 2.39. The van der Waals surface area contributed by atoms with Crippen molar-refractivity contribution >= 4 is 0 Å². The molecule has 0 spiro atoms. The van der Waals surface area contributed by atoms with Gasteiger partial charge in [-0.1, -0.05) is 5.92 Å². The molecular formula is C13H25N3O4. The number of terminal acetylenes is 1. The number of hydrogen-bond donors (Lipinski definition) is 3. The Morgan fingerprint density at radius 1 is 0.850 bits per heavy atom. The van der Waals surface area contributed by atoms with Crippen molar-refractivity contribution in [1.29, 1.82) is 0 Å². The summed E-state index contributed by atoms with van der Waals surface area (Å²) >= 11 is 0. The van der Waals surface area contributed by atoms with E-state index >= 15 is 0 Å². The molecule has 7 heteroatoms. The van der Waals surface area contributed by atoms with Crippen molar-refractivity contribution in [2.45, 2.75) is 0 Å². The van der Waals surface area contributed by atoms with Crippen molar-refractivity contribution < 1.29 is 18.9 Å². The maximum Gasteiger partial charge on any atom is 0.107 e. The SMILES string of the molecule is C#CCOCCOCCOCCOCCN/C=C\NN. The predicted molar refractivity (Wildman–Crippen MR) is 76.6 cm³/mol. The van der Waals surface area contributed by atoms with Crippen LogP contribution in [0.25, 0.3) is 0 Å². The van der Waals surface area contributed by atoms with E-state index in [0.717, 1.165) is 6.54 Å². The second-order valence-corrected chi connectivity index (χ2v) is 3.55. The minimum atomic E-state index is 0.324. The van der Waals surface area contributed by atoms with Crippen molar-refractivity contribution in [3.05, 3.63) is 12.4 Å². The first kappa shape index (κ1) is 18.7. The summed E-state index contributed by atoms with van der Waals surface area (Å²) in [6.07, 6.45) is 8.34. The van der Waals surface area contributed by atoms with Gasteiger partial charge in [-0.25, -0.2) is 0 Å². The monoisotopic (exact) mass is 287 g/mol. The number of hydrogen-bond acceptors (Lipinski definition) is 7. The van der Waals surface area contributed by atoms with E-state index in [2.05, 4.69) is 16.7 Å². The highest BCUT2D eigenvalue weighted by atomic mass is 16.6. The van der Waals surface area contributed by atoms with Crippen molar-refractivity contribution in [2.24, 2.45) is 5.84 Å². The average Bonchev–Trinajstić information content (AvgIpc) is 2.47. The molecule has 0 heterocycles. The van der Waals surface area contributed by atoms with E-state index in [-0.39, 0.29) is 0 Å². The van der Waals surface area contributed by atoms with Crippen LogP contribution in [0.4, 0.5) is 0 Å². The van der Waals surface area contributed by atoms with Gasteiger partial charge in [0.15, 0.2) is 0 Å². The minimum absolute atomic E-state index is 0.324. The van der Waals surface area contributed by atoms with Gasteiger partial charge in [-0.05, 0) is 0 Å². The Bertz CT molecular complexity index is 256. The average molecular weight is 287 g/mol. The quantitative estimate of drug-likeness (QED) is 0.157. The molecule has 0 saturated heterocycles. The lowest BCUT2D eigenvalue weighted by Crippen LogP contribution is -2.19. The molecule has 7 nitrogen and oxygen atoms in total. The molecule has 0 atom stereocenters. The third-order valence-corrected chi connectivity index (χ3v) is 1.99. The summed E-state index contributed by atoms with van der Waals surface area (Å²) < 4.78 is 21.0. The van der Waals surface area contributed by atoms with Gasteiger partial charge in [0.1, 0.15) is 6.61 Å². The summed E-state index contributed by atoms with van der Waals surface area (Å²) in [6.45, 7) is 4.89. The summed E-state index contributed by atoms with van der Waals surface area (Å²) in [5, 5.41) is 2.99. The zero-order valence-electron chi connectivity index (χ0n) is 11.8. The maximum absolute atomic E-state index is 5.33. The molecule has 0 aromatic carbocycles. The van der Waals surface area contributed by atoms with Crippen LogP contribution in [-0.2, 0) is 18.9 Å². The molecule has 0 bridgehead atoms. The molecule has 0 aliphatic heterocycles. The van der Waals surface area contributed by atoms with Crippen molar-refractivity contribution in [3.63, 3.8) is 0 Å². The summed E-state index contributed by atoms with van der Waals surface area (Å²) in [4.78, 5) is 0. The van der Waals surface area contributed by atoms with Crippen LogP contribution in [0.5, 0.6) is 0 Å². The Kier molecular flexibility index (Phi) is 16.5. The number of rotatable bonds is 15. The lowest BCUT2D eigenvalue weighted by molar-refractivity contribution is 0.00190. The molecule has 0 aromatic rings. The number of nitrogens with two attached hydrogens (primary N) is 1. The van der Waals surface area contributed by atoms with E-state index in [0.29, 0.717) is 52.9 Å². The second-order valence-electron chi connectivity index (χ2n) is 3.55. The molecule has 20 heavy (non-hydrogen) atoms. The van der Waals surface area contributed by atoms with Gasteiger partial charge in [-0.3, -0.25) is 5.84 Å². The number of hydrazine groups is 1. The van der Waals surface area contributed by atoms with Crippen molar-refractivity contribution in [2.75, 3.05) is 59.4 Å². The van der Waals surface area contributed by atoms with Gasteiger partial charge in [-0.2, -0.15) is 0 Å². The van der Waals surface area contributed by atoms with E-state index in [1.165, 1.54) is 0 Å². The number of ether oxygens (including phenoxy) is 4. The van der Waals surface area contributed by atoms with Gasteiger partial charge in [0.25, 0.3) is 0 Å². The Hall–Kier alpha value is -1.30. The zero-order chi connectivity index (χ0) is 14.7. The first-order valence-corrected chi connectivity index (χ1v) is 6.50. The molecule has 0 rings (SSSR count). The van der Waals surface area contributed by atoms with E-state index in [9.17, 15) is 0 Å². The van der Waals surface area contributed by atoms with Gasteiger partial charge < -0.3 is 29.7 Å². The summed E-state index contributed by atoms with van der Waals surface area (Å²) in [5.74, 6) is 7.42. The van der Waals surface area contributed by atoms with E-state index < -0.39 is 0 Å². The molecule has 0 fully saturated rings. The molecule has 0 amide bonds. The first-order chi connectivity index (χ1) is 9.91. The highest BCUT2D eigenvalue weighted by molar-refractivity contribution is 4.82. The molecule has 116 valence electrons. The maximum atomic E-state index is 5.33. The lowest BCUT2D eigenvalue weighted by Gasteiger charge is -2.07. The fourth-order valence-corrected chi connectivity index (χ4v) is 1.11. The molecule has 0 unspecified atom stereocenters. The Morgan fingerprint density at radius 3 is 1.95 bits per heavy atom. The highest BCUT2D eigenvalue weighted by Gasteiger charge is 1.91. The molecule has 4 N–H and O–H groups in total. The summed E-state index contributed by atoms with van der Waals surface area (Å²) in [6, 6.07) is 0. The fourth-order valence-electron chi connectivity index (χ4n) is 1.11. The normalized spacial score (nSPS) is 10.6. The van der Waals surface area contributed by atoms with E-state index in [1.807, 2.05) is 0 Å². The summed E-state index contributed by atoms with van der Waals surface area (Å²) in [7, 11) is 0. The van der Waals surface area contributed by atoms with Gasteiger partial charge in [0.05, 0.1) is 46.2 Å². The van der Waals surface area contributed by atoms with E-state index in [4.69, 9.17) is 31.2 Å². The smallest absolute Gasteiger partial charge is 0.107 e. The van der Waals surface area contributed by atoms with Crippen LogP contribution in [0.2, 0.25) is 0 Å². The standard InChI is InChI=1S/C13H25N3O4/c1-2-6-17-8-10-19-12-13-20-11-9-18-7-5-15-3-4-16-14/h1,3-4,15-16H,5-14H2/b4-3-. The topological polar surface area (TPSA) is 87.0 Å². The van der Waals surface area contributed by atoms with Gasteiger partial charge in [0, 0.05) is 18.9 Å². The molecule has 0 aromatic heterocycles. The van der Waals surface area contributed by atoms with E-state index in [1.54, 1.807) is 12.4 Å². The third-order valence-electron chi connectivity index (χ3n) is 1.99. The first-order valence-electron chi connectivity index (χ1n) is 6.50. The van der Waals surface area contributed by atoms with Crippen LogP contribution in [0.3, 0.4) is 0 Å². The van der Waals surface area contributed by atoms with Crippen molar-refractivity contribution in [3.8, 4) is 12.3 Å². The van der Waals surface area contributed by atoms with Crippen LogP contribution < -0.4 is 16.6 Å². The van der Waals surface area contributed by atoms with Crippen LogP contribution in [0.15, 0.2) is 12.4 Å². The Morgan fingerprint density at radius 2 is 1.40 bits per heavy atom. The van der Waals surface area contributed by atoms with Crippen LogP contribution >= 0.6 is 0 Å². The highest BCUT2D eigenvalue weighted by Crippen LogP contribution is 1.82. The predicted octanol–water partition coefficient (Wildman–Crippen LogP) is -0.790. The lowest BCUT2D eigenvalue weighted by atomic mass is 10.6. The second kappa shape index (κ2) is 17.7. The number of nitrogens with one attached hydrogen (secondary N) is 2. The van der Waals surface area contributed by atoms with Gasteiger partial charge in [-0.15, -0.1) is 6.42 Å². The third kappa shape index (κ3) is 16.7.